The van der Waals surface area contributed by atoms with Crippen LogP contribution in [0.25, 0.3) is 22.3 Å². The summed E-state index contributed by atoms with van der Waals surface area (Å²) in [5, 5.41) is 13.2. The maximum absolute atomic E-state index is 5.50. The number of hydrogen-bond donors (Lipinski definition) is 1. The normalized spacial score (nSPS) is 13.4. The fraction of sp³-hybridized carbons (Fsp3) is 0.263. The minimum Gasteiger partial charge on any atom is -0.337 e. The molecule has 1 aromatic carbocycles. The van der Waals surface area contributed by atoms with E-state index in [0.717, 1.165) is 41.7 Å². The number of pyridine rings is 1. The van der Waals surface area contributed by atoms with Gasteiger partial charge in [-0.1, -0.05) is 23.4 Å². The Bertz CT molecular complexity index is 1070. The highest BCUT2D eigenvalue weighted by Crippen LogP contribution is 2.28. The molecule has 138 valence electrons. The standard InChI is InChI=1S/C19H18N6O.ClH/c1-12-18(15-6-7-20-8-14(15)9-21-12)19-22-17(26-24-19)11-25-10-13-4-2-3-5-16(13)23-25;/h2-5,9-10,20H,6-8,11H2,1H3;1H. The van der Waals surface area contributed by atoms with Crippen LogP contribution in [0.15, 0.2) is 41.2 Å². The van der Waals surface area contributed by atoms with Gasteiger partial charge in [0.15, 0.2) is 0 Å². The second kappa shape index (κ2) is 7.09. The lowest BCUT2D eigenvalue weighted by Crippen LogP contribution is -2.24. The van der Waals surface area contributed by atoms with Gasteiger partial charge >= 0.3 is 0 Å². The van der Waals surface area contributed by atoms with Crippen molar-refractivity contribution in [2.45, 2.75) is 26.4 Å². The lowest BCUT2D eigenvalue weighted by atomic mass is 9.95. The van der Waals surface area contributed by atoms with E-state index >= 15 is 0 Å². The summed E-state index contributed by atoms with van der Waals surface area (Å²) in [7, 11) is 0. The number of rotatable bonds is 3. The maximum Gasteiger partial charge on any atom is 0.248 e. The zero-order chi connectivity index (χ0) is 17.5. The van der Waals surface area contributed by atoms with Crippen LogP contribution < -0.4 is 5.32 Å². The van der Waals surface area contributed by atoms with Crippen molar-refractivity contribution < 1.29 is 4.52 Å². The van der Waals surface area contributed by atoms with Crippen molar-refractivity contribution in [3.63, 3.8) is 0 Å². The van der Waals surface area contributed by atoms with Crippen LogP contribution in [0, 0.1) is 6.92 Å². The first kappa shape index (κ1) is 17.6. The molecule has 0 aliphatic carbocycles. The molecule has 7 nitrogen and oxygen atoms in total. The van der Waals surface area contributed by atoms with Crippen LogP contribution in [0.2, 0.25) is 0 Å². The Hall–Kier alpha value is -2.77. The third kappa shape index (κ3) is 3.20. The van der Waals surface area contributed by atoms with Gasteiger partial charge in [-0.3, -0.25) is 9.67 Å². The number of halogens is 1. The average molecular weight is 383 g/mol. The molecular weight excluding hydrogens is 364 g/mol. The molecule has 1 aliphatic rings. The topological polar surface area (TPSA) is 81.7 Å². The summed E-state index contributed by atoms with van der Waals surface area (Å²) in [4.78, 5) is 9.13. The van der Waals surface area contributed by atoms with E-state index in [1.165, 1.54) is 11.1 Å². The highest BCUT2D eigenvalue weighted by Gasteiger charge is 2.21. The molecule has 0 radical (unpaired) electrons. The van der Waals surface area contributed by atoms with E-state index < -0.39 is 0 Å². The van der Waals surface area contributed by atoms with Gasteiger partial charge in [0.25, 0.3) is 0 Å². The van der Waals surface area contributed by atoms with E-state index in [-0.39, 0.29) is 12.4 Å². The summed E-state index contributed by atoms with van der Waals surface area (Å²) < 4.78 is 7.33. The van der Waals surface area contributed by atoms with Gasteiger partial charge in [0.05, 0.1) is 5.52 Å². The Balaban J connectivity index is 0.00000180. The van der Waals surface area contributed by atoms with Crippen LogP contribution in [0.1, 0.15) is 22.7 Å². The highest BCUT2D eigenvalue weighted by molar-refractivity contribution is 5.85. The molecule has 0 bridgehead atoms. The van der Waals surface area contributed by atoms with Gasteiger partial charge < -0.3 is 9.84 Å². The van der Waals surface area contributed by atoms with E-state index in [1.54, 1.807) is 0 Å². The Morgan fingerprint density at radius 1 is 1.26 bits per heavy atom. The van der Waals surface area contributed by atoms with Crippen molar-refractivity contribution >= 4 is 23.3 Å². The van der Waals surface area contributed by atoms with Gasteiger partial charge in [-0.05, 0) is 37.1 Å². The number of nitrogens with one attached hydrogen (secondary N) is 1. The van der Waals surface area contributed by atoms with E-state index in [0.29, 0.717) is 18.3 Å². The highest BCUT2D eigenvalue weighted by atomic mass is 35.5. The van der Waals surface area contributed by atoms with Gasteiger partial charge in [0.2, 0.25) is 11.7 Å². The first-order valence-electron chi connectivity index (χ1n) is 8.71. The fourth-order valence-electron chi connectivity index (χ4n) is 3.52. The van der Waals surface area contributed by atoms with Gasteiger partial charge in [0, 0.05) is 35.6 Å². The second-order valence-electron chi connectivity index (χ2n) is 6.55. The van der Waals surface area contributed by atoms with Crippen LogP contribution in [0.3, 0.4) is 0 Å². The van der Waals surface area contributed by atoms with Crippen molar-refractivity contribution in [2.75, 3.05) is 6.54 Å². The molecule has 0 atom stereocenters. The third-order valence-electron chi connectivity index (χ3n) is 4.78. The largest absolute Gasteiger partial charge is 0.337 e. The van der Waals surface area contributed by atoms with E-state index in [1.807, 2.05) is 48.3 Å². The van der Waals surface area contributed by atoms with Crippen LogP contribution in [-0.4, -0.2) is 31.4 Å². The van der Waals surface area contributed by atoms with Crippen molar-refractivity contribution in [1.82, 2.24) is 30.2 Å². The molecule has 0 saturated heterocycles. The number of benzene rings is 1. The monoisotopic (exact) mass is 382 g/mol. The molecule has 3 aromatic heterocycles. The molecule has 0 fully saturated rings. The quantitative estimate of drug-likeness (QED) is 0.586. The van der Waals surface area contributed by atoms with Crippen LogP contribution in [-0.2, 0) is 19.5 Å². The molecule has 0 saturated carbocycles. The molecular formula is C19H19ClN6O. The number of aryl methyl sites for hydroxylation is 1. The molecule has 0 unspecified atom stereocenters. The first-order valence-corrected chi connectivity index (χ1v) is 8.71. The maximum atomic E-state index is 5.50. The third-order valence-corrected chi connectivity index (χ3v) is 4.78. The summed E-state index contributed by atoms with van der Waals surface area (Å²) in [6, 6.07) is 8.01. The fourth-order valence-corrected chi connectivity index (χ4v) is 3.52. The van der Waals surface area contributed by atoms with E-state index in [2.05, 4.69) is 25.5 Å². The SMILES string of the molecule is Cc1ncc2c(c1-c1noc(Cn3cc4ccccc4n3)n1)CCNC2.Cl. The van der Waals surface area contributed by atoms with E-state index in [4.69, 9.17) is 4.52 Å². The molecule has 27 heavy (non-hydrogen) atoms. The molecule has 1 N–H and O–H groups in total. The Morgan fingerprint density at radius 2 is 2.15 bits per heavy atom. The molecule has 5 rings (SSSR count). The molecule has 0 amide bonds. The minimum absolute atomic E-state index is 0. The molecule has 4 heterocycles. The summed E-state index contributed by atoms with van der Waals surface area (Å²) in [6.07, 6.45) is 4.88. The lowest BCUT2D eigenvalue weighted by molar-refractivity contribution is 0.366. The second-order valence-corrected chi connectivity index (χ2v) is 6.55. The van der Waals surface area contributed by atoms with Crippen LogP contribution in [0.4, 0.5) is 0 Å². The van der Waals surface area contributed by atoms with Gasteiger partial charge in [-0.2, -0.15) is 10.1 Å². The lowest BCUT2D eigenvalue weighted by Gasteiger charge is -2.19. The predicted octanol–water partition coefficient (Wildman–Crippen LogP) is 2.91. The predicted molar refractivity (Wildman–Crippen MR) is 104 cm³/mol. The number of hydrogen-bond acceptors (Lipinski definition) is 6. The van der Waals surface area contributed by atoms with Crippen molar-refractivity contribution in [3.8, 4) is 11.4 Å². The first-order chi connectivity index (χ1) is 12.8. The molecule has 4 aromatic rings. The minimum atomic E-state index is 0. The zero-order valence-corrected chi connectivity index (χ0v) is 15.7. The zero-order valence-electron chi connectivity index (χ0n) is 14.8. The summed E-state index contributed by atoms with van der Waals surface area (Å²) in [6.45, 7) is 4.23. The van der Waals surface area contributed by atoms with E-state index in [9.17, 15) is 0 Å². The number of aromatic nitrogens is 5. The summed E-state index contributed by atoms with van der Waals surface area (Å²) in [5.41, 5.74) is 5.37. The van der Waals surface area contributed by atoms with Gasteiger partial charge in [0.1, 0.15) is 6.54 Å². The molecule has 1 aliphatic heterocycles. The Labute approximate surface area is 162 Å². The van der Waals surface area contributed by atoms with Gasteiger partial charge in [-0.25, -0.2) is 0 Å². The van der Waals surface area contributed by atoms with Crippen LogP contribution in [0.5, 0.6) is 0 Å². The van der Waals surface area contributed by atoms with Crippen molar-refractivity contribution in [2.24, 2.45) is 0 Å². The smallest absolute Gasteiger partial charge is 0.248 e. The average Bonchev–Trinajstić information content (AvgIpc) is 3.28. The van der Waals surface area contributed by atoms with Crippen LogP contribution >= 0.6 is 12.4 Å². The molecule has 8 heteroatoms. The summed E-state index contributed by atoms with van der Waals surface area (Å²) in [5.74, 6) is 1.15. The Kier molecular flexibility index (Phi) is 4.63. The molecule has 0 spiro atoms. The van der Waals surface area contributed by atoms with Crippen molar-refractivity contribution in [3.05, 3.63) is 59.4 Å². The van der Waals surface area contributed by atoms with Gasteiger partial charge in [-0.15, -0.1) is 12.4 Å². The number of nitrogens with zero attached hydrogens (tertiary/aromatic N) is 5. The van der Waals surface area contributed by atoms with Crippen molar-refractivity contribution in [1.29, 1.82) is 0 Å². The Morgan fingerprint density at radius 3 is 3.04 bits per heavy atom. The number of fused-ring (bicyclic) bond motifs is 2. The summed E-state index contributed by atoms with van der Waals surface area (Å²) >= 11 is 0.